The van der Waals surface area contributed by atoms with E-state index in [9.17, 15) is 9.59 Å². The number of hydrogen-bond acceptors (Lipinski definition) is 6. The maximum Gasteiger partial charge on any atom is 0.274 e. The molecular formula is C19H22N4O4. The molecule has 1 aromatic carbocycles. The van der Waals surface area contributed by atoms with Gasteiger partial charge in [0.05, 0.1) is 20.4 Å². The zero-order chi connectivity index (χ0) is 19.2. The molecule has 0 unspecified atom stereocenters. The molecule has 8 heteroatoms. The first-order valence-corrected chi connectivity index (χ1v) is 8.70. The van der Waals surface area contributed by atoms with Crippen LogP contribution in [0, 0.1) is 0 Å². The van der Waals surface area contributed by atoms with Crippen LogP contribution in [-0.2, 0) is 0 Å². The summed E-state index contributed by atoms with van der Waals surface area (Å²) in [6, 6.07) is 5.07. The minimum absolute atomic E-state index is 0.0107. The Morgan fingerprint density at radius 2 is 1.85 bits per heavy atom. The van der Waals surface area contributed by atoms with Gasteiger partial charge in [0.1, 0.15) is 5.69 Å². The van der Waals surface area contributed by atoms with Crippen molar-refractivity contribution in [2.24, 2.45) is 0 Å². The maximum absolute atomic E-state index is 12.5. The van der Waals surface area contributed by atoms with Crippen LogP contribution in [0.1, 0.15) is 33.7 Å². The molecule has 1 aromatic heterocycles. The smallest absolute Gasteiger partial charge is 0.274 e. The number of carbonyl (C=O) groups is 2. The van der Waals surface area contributed by atoms with Gasteiger partial charge in [-0.25, -0.2) is 4.98 Å². The first-order valence-electron chi connectivity index (χ1n) is 8.70. The highest BCUT2D eigenvalue weighted by molar-refractivity contribution is 5.95. The number of ether oxygens (including phenoxy) is 2. The summed E-state index contributed by atoms with van der Waals surface area (Å²) in [5.74, 6) is 0.779. The first-order chi connectivity index (χ1) is 13.1. The number of benzene rings is 1. The Bertz CT molecular complexity index is 805. The first kappa shape index (κ1) is 18.6. The van der Waals surface area contributed by atoms with Crippen LogP contribution in [-0.4, -0.2) is 60.0 Å². The SMILES string of the molecule is COc1ccc(C(=O)NC2CCN(C(=O)c3cnccn3)CC2)cc1OC. The number of amides is 2. The molecule has 2 amide bonds. The van der Waals surface area contributed by atoms with Crippen LogP contribution in [0.15, 0.2) is 36.8 Å². The van der Waals surface area contributed by atoms with Gasteiger partial charge in [-0.3, -0.25) is 14.6 Å². The lowest BCUT2D eigenvalue weighted by Gasteiger charge is -2.32. The van der Waals surface area contributed by atoms with E-state index >= 15 is 0 Å². The number of piperidine rings is 1. The predicted molar refractivity (Wildman–Crippen MR) is 98.0 cm³/mol. The minimum Gasteiger partial charge on any atom is -0.493 e. The van der Waals surface area contributed by atoms with Gasteiger partial charge >= 0.3 is 0 Å². The number of methoxy groups -OCH3 is 2. The fourth-order valence-electron chi connectivity index (χ4n) is 3.04. The van der Waals surface area contributed by atoms with Crippen LogP contribution in [0.2, 0.25) is 0 Å². The summed E-state index contributed by atoms with van der Waals surface area (Å²) >= 11 is 0. The Morgan fingerprint density at radius 1 is 1.11 bits per heavy atom. The van der Waals surface area contributed by atoms with Gasteiger partial charge in [0.2, 0.25) is 0 Å². The Balaban J connectivity index is 1.56. The number of hydrogen-bond donors (Lipinski definition) is 1. The molecule has 0 saturated carbocycles. The number of rotatable bonds is 5. The van der Waals surface area contributed by atoms with Gasteiger partial charge in [0.25, 0.3) is 11.8 Å². The van der Waals surface area contributed by atoms with E-state index < -0.39 is 0 Å². The van der Waals surface area contributed by atoms with Gasteiger partial charge in [-0.15, -0.1) is 0 Å². The molecule has 0 bridgehead atoms. The number of nitrogens with zero attached hydrogens (tertiary/aromatic N) is 3. The van der Waals surface area contributed by atoms with E-state index in [1.54, 1.807) is 30.2 Å². The predicted octanol–water partition coefficient (Wildman–Crippen LogP) is 1.53. The van der Waals surface area contributed by atoms with E-state index in [0.717, 1.165) is 0 Å². The second-order valence-corrected chi connectivity index (χ2v) is 6.20. The minimum atomic E-state index is -0.172. The van der Waals surface area contributed by atoms with Gasteiger partial charge in [-0.1, -0.05) is 0 Å². The monoisotopic (exact) mass is 370 g/mol. The Labute approximate surface area is 157 Å². The van der Waals surface area contributed by atoms with E-state index in [2.05, 4.69) is 15.3 Å². The number of likely N-dealkylation sites (tertiary alicyclic amines) is 1. The van der Waals surface area contributed by atoms with Crippen LogP contribution in [0.25, 0.3) is 0 Å². The Morgan fingerprint density at radius 3 is 2.48 bits per heavy atom. The summed E-state index contributed by atoms with van der Waals surface area (Å²) in [7, 11) is 3.08. The van der Waals surface area contributed by atoms with Gasteiger partial charge in [-0.05, 0) is 31.0 Å². The van der Waals surface area contributed by atoms with Crippen molar-refractivity contribution in [3.8, 4) is 11.5 Å². The van der Waals surface area contributed by atoms with Crippen LogP contribution in [0.4, 0.5) is 0 Å². The lowest BCUT2D eigenvalue weighted by Crippen LogP contribution is -2.46. The van der Waals surface area contributed by atoms with Gasteiger partial charge in [0, 0.05) is 37.1 Å². The molecule has 2 heterocycles. The van der Waals surface area contributed by atoms with Gasteiger partial charge in [-0.2, -0.15) is 0 Å². The summed E-state index contributed by atoms with van der Waals surface area (Å²) in [4.78, 5) is 34.6. The lowest BCUT2D eigenvalue weighted by molar-refractivity contribution is 0.0692. The summed E-state index contributed by atoms with van der Waals surface area (Å²) in [6.07, 6.45) is 5.87. The van der Waals surface area contributed by atoms with Crippen molar-refractivity contribution in [3.05, 3.63) is 48.0 Å². The molecule has 1 saturated heterocycles. The zero-order valence-corrected chi connectivity index (χ0v) is 15.3. The van der Waals surface area contributed by atoms with Crippen molar-refractivity contribution < 1.29 is 19.1 Å². The topological polar surface area (TPSA) is 93.7 Å². The second-order valence-electron chi connectivity index (χ2n) is 6.20. The molecule has 2 aromatic rings. The van der Waals surface area contributed by atoms with Crippen LogP contribution in [0.3, 0.4) is 0 Å². The fourth-order valence-corrected chi connectivity index (χ4v) is 3.04. The molecule has 1 aliphatic rings. The molecule has 0 spiro atoms. The number of aromatic nitrogens is 2. The number of nitrogens with one attached hydrogen (secondary N) is 1. The molecule has 1 fully saturated rings. The van der Waals surface area contributed by atoms with E-state index in [1.807, 2.05) is 0 Å². The third-order valence-corrected chi connectivity index (χ3v) is 4.55. The van der Waals surface area contributed by atoms with Crippen molar-refractivity contribution in [1.82, 2.24) is 20.2 Å². The summed E-state index contributed by atoms with van der Waals surface area (Å²) in [5, 5.41) is 3.02. The summed E-state index contributed by atoms with van der Waals surface area (Å²) in [5.41, 5.74) is 0.844. The molecule has 8 nitrogen and oxygen atoms in total. The van der Waals surface area contributed by atoms with E-state index in [-0.39, 0.29) is 17.9 Å². The Hall–Kier alpha value is -3.16. The van der Waals surface area contributed by atoms with Crippen molar-refractivity contribution in [1.29, 1.82) is 0 Å². The molecule has 27 heavy (non-hydrogen) atoms. The lowest BCUT2D eigenvalue weighted by atomic mass is 10.0. The summed E-state index contributed by atoms with van der Waals surface area (Å²) < 4.78 is 10.4. The van der Waals surface area contributed by atoms with Crippen molar-refractivity contribution in [3.63, 3.8) is 0 Å². The highest BCUT2D eigenvalue weighted by atomic mass is 16.5. The largest absolute Gasteiger partial charge is 0.493 e. The second kappa shape index (κ2) is 8.48. The van der Waals surface area contributed by atoms with Crippen LogP contribution < -0.4 is 14.8 Å². The fraction of sp³-hybridized carbons (Fsp3) is 0.368. The van der Waals surface area contributed by atoms with E-state index in [1.165, 1.54) is 25.7 Å². The normalized spacial score (nSPS) is 14.5. The van der Waals surface area contributed by atoms with E-state index in [4.69, 9.17) is 9.47 Å². The van der Waals surface area contributed by atoms with Crippen LogP contribution >= 0.6 is 0 Å². The third-order valence-electron chi connectivity index (χ3n) is 4.55. The van der Waals surface area contributed by atoms with Gasteiger partial charge < -0.3 is 19.7 Å². The molecule has 142 valence electrons. The number of carbonyl (C=O) groups excluding carboxylic acids is 2. The molecule has 1 aliphatic heterocycles. The standard InChI is InChI=1S/C19H22N4O4/c1-26-16-4-3-13(11-17(16)27-2)18(24)22-14-5-9-23(10-6-14)19(25)15-12-20-7-8-21-15/h3-4,7-8,11-12,14H,5-6,9-10H2,1-2H3,(H,22,24). The van der Waals surface area contributed by atoms with Crippen molar-refractivity contribution in [2.75, 3.05) is 27.3 Å². The zero-order valence-electron chi connectivity index (χ0n) is 15.3. The maximum atomic E-state index is 12.5. The van der Waals surface area contributed by atoms with Crippen molar-refractivity contribution in [2.45, 2.75) is 18.9 Å². The molecule has 0 atom stereocenters. The third kappa shape index (κ3) is 4.33. The summed E-state index contributed by atoms with van der Waals surface area (Å²) in [6.45, 7) is 1.12. The average Bonchev–Trinajstić information content (AvgIpc) is 2.73. The Kier molecular flexibility index (Phi) is 5.85. The molecule has 0 aliphatic carbocycles. The highest BCUT2D eigenvalue weighted by Crippen LogP contribution is 2.27. The van der Waals surface area contributed by atoms with Crippen molar-refractivity contribution >= 4 is 11.8 Å². The molecular weight excluding hydrogens is 348 g/mol. The van der Waals surface area contributed by atoms with E-state index in [0.29, 0.717) is 48.7 Å². The quantitative estimate of drug-likeness (QED) is 0.858. The molecule has 0 radical (unpaired) electrons. The highest BCUT2D eigenvalue weighted by Gasteiger charge is 2.25. The molecule has 1 N–H and O–H groups in total. The average molecular weight is 370 g/mol. The van der Waals surface area contributed by atoms with Gasteiger partial charge in [0.15, 0.2) is 11.5 Å². The molecule has 3 rings (SSSR count). The van der Waals surface area contributed by atoms with Crippen LogP contribution in [0.5, 0.6) is 11.5 Å².